The minimum Gasteiger partial charge on any atom is -0.383 e. The number of nitrogens with zero attached hydrogens (tertiary/aromatic N) is 2. The summed E-state index contributed by atoms with van der Waals surface area (Å²) in [6, 6.07) is 0.377. The molecule has 6 nitrogen and oxygen atoms in total. The number of hydrogen-bond acceptors (Lipinski definition) is 5. The SMILES string of the molecule is COCC(C)n1ccnc1NC1CCS(=O)(=O)CC1. The highest BCUT2D eigenvalue weighted by Crippen LogP contribution is 2.19. The summed E-state index contributed by atoms with van der Waals surface area (Å²) >= 11 is 0. The number of hydrogen-bond donors (Lipinski definition) is 1. The molecule has 1 aromatic rings. The van der Waals surface area contributed by atoms with E-state index in [0.29, 0.717) is 19.4 Å². The minimum absolute atomic E-state index is 0.180. The average Bonchev–Trinajstić information content (AvgIpc) is 2.80. The molecule has 0 radical (unpaired) electrons. The second kappa shape index (κ2) is 5.92. The fourth-order valence-corrected chi connectivity index (χ4v) is 3.81. The van der Waals surface area contributed by atoms with Gasteiger partial charge in [0, 0.05) is 25.5 Å². The molecular formula is C12H21N3O3S. The van der Waals surface area contributed by atoms with Gasteiger partial charge in [0.05, 0.1) is 24.2 Å². The van der Waals surface area contributed by atoms with E-state index in [1.807, 2.05) is 10.8 Å². The first-order valence-electron chi connectivity index (χ1n) is 6.50. The number of sulfone groups is 1. The van der Waals surface area contributed by atoms with Gasteiger partial charge in [0.1, 0.15) is 9.84 Å². The van der Waals surface area contributed by atoms with Crippen molar-refractivity contribution in [2.45, 2.75) is 31.8 Å². The molecule has 1 fully saturated rings. The molecule has 1 N–H and O–H groups in total. The van der Waals surface area contributed by atoms with Gasteiger partial charge in [-0.2, -0.15) is 0 Å². The van der Waals surface area contributed by atoms with Crippen molar-refractivity contribution in [2.75, 3.05) is 30.5 Å². The highest BCUT2D eigenvalue weighted by molar-refractivity contribution is 7.91. The van der Waals surface area contributed by atoms with Gasteiger partial charge in [-0.1, -0.05) is 0 Å². The smallest absolute Gasteiger partial charge is 0.203 e. The zero-order valence-corrected chi connectivity index (χ0v) is 12.2. The van der Waals surface area contributed by atoms with Gasteiger partial charge < -0.3 is 14.6 Å². The summed E-state index contributed by atoms with van der Waals surface area (Å²) in [5, 5.41) is 3.34. The molecule has 7 heteroatoms. The topological polar surface area (TPSA) is 73.2 Å². The van der Waals surface area contributed by atoms with E-state index >= 15 is 0 Å². The van der Waals surface area contributed by atoms with E-state index in [4.69, 9.17) is 4.74 Å². The van der Waals surface area contributed by atoms with Crippen LogP contribution in [-0.2, 0) is 14.6 Å². The van der Waals surface area contributed by atoms with Crippen molar-refractivity contribution in [2.24, 2.45) is 0 Å². The molecule has 1 unspecified atom stereocenters. The lowest BCUT2D eigenvalue weighted by atomic mass is 10.2. The normalized spacial score (nSPS) is 21.2. The maximum absolute atomic E-state index is 11.4. The average molecular weight is 287 g/mol. The zero-order valence-electron chi connectivity index (χ0n) is 11.4. The summed E-state index contributed by atoms with van der Waals surface area (Å²) in [7, 11) is -1.14. The van der Waals surface area contributed by atoms with Crippen LogP contribution >= 0.6 is 0 Å². The Labute approximate surface area is 114 Å². The first kappa shape index (κ1) is 14.3. The Kier molecular flexibility index (Phi) is 4.46. The highest BCUT2D eigenvalue weighted by atomic mass is 32.2. The molecule has 1 atom stereocenters. The Bertz CT molecular complexity index is 498. The van der Waals surface area contributed by atoms with Crippen molar-refractivity contribution in [3.05, 3.63) is 12.4 Å². The predicted molar refractivity (Wildman–Crippen MR) is 74.1 cm³/mol. The van der Waals surface area contributed by atoms with Crippen LogP contribution in [-0.4, -0.2) is 49.2 Å². The van der Waals surface area contributed by atoms with Crippen molar-refractivity contribution in [1.82, 2.24) is 9.55 Å². The largest absolute Gasteiger partial charge is 0.383 e. The monoisotopic (exact) mass is 287 g/mol. The van der Waals surface area contributed by atoms with Crippen LogP contribution in [0.3, 0.4) is 0 Å². The molecular weight excluding hydrogens is 266 g/mol. The standard InChI is InChI=1S/C12H21N3O3S/c1-10(9-18-2)15-6-5-13-12(15)14-11-3-7-19(16,17)8-4-11/h5-6,10-11H,3-4,7-9H2,1-2H3,(H,13,14). The van der Waals surface area contributed by atoms with Gasteiger partial charge in [-0.05, 0) is 19.8 Å². The van der Waals surface area contributed by atoms with Gasteiger partial charge in [0.15, 0.2) is 0 Å². The van der Waals surface area contributed by atoms with Crippen LogP contribution < -0.4 is 5.32 Å². The number of aromatic nitrogens is 2. The fourth-order valence-electron chi connectivity index (χ4n) is 2.32. The molecule has 1 aromatic heterocycles. The summed E-state index contributed by atoms with van der Waals surface area (Å²) in [5.41, 5.74) is 0. The van der Waals surface area contributed by atoms with Gasteiger partial charge in [0.2, 0.25) is 5.95 Å². The third kappa shape index (κ3) is 3.70. The van der Waals surface area contributed by atoms with E-state index in [9.17, 15) is 8.42 Å². The quantitative estimate of drug-likeness (QED) is 0.877. The Morgan fingerprint density at radius 1 is 1.53 bits per heavy atom. The van der Waals surface area contributed by atoms with Gasteiger partial charge >= 0.3 is 0 Å². The third-order valence-corrected chi connectivity index (χ3v) is 5.15. The van der Waals surface area contributed by atoms with Gasteiger partial charge in [0.25, 0.3) is 0 Å². The van der Waals surface area contributed by atoms with Crippen molar-refractivity contribution in [1.29, 1.82) is 0 Å². The van der Waals surface area contributed by atoms with Crippen LogP contribution in [0.15, 0.2) is 12.4 Å². The number of imidazole rings is 1. The van der Waals surface area contributed by atoms with E-state index in [2.05, 4.69) is 17.2 Å². The molecule has 0 saturated carbocycles. The van der Waals surface area contributed by atoms with E-state index in [0.717, 1.165) is 5.95 Å². The lowest BCUT2D eigenvalue weighted by Crippen LogP contribution is -2.33. The molecule has 0 amide bonds. The molecule has 0 spiro atoms. The molecule has 1 saturated heterocycles. The van der Waals surface area contributed by atoms with Crippen LogP contribution in [0.25, 0.3) is 0 Å². The first-order valence-corrected chi connectivity index (χ1v) is 8.32. The van der Waals surface area contributed by atoms with Gasteiger partial charge in [-0.15, -0.1) is 0 Å². The Hall–Kier alpha value is -1.08. The number of methoxy groups -OCH3 is 1. The maximum Gasteiger partial charge on any atom is 0.203 e. The number of anilines is 1. The van der Waals surface area contributed by atoms with Crippen molar-refractivity contribution in [3.63, 3.8) is 0 Å². The van der Waals surface area contributed by atoms with Crippen molar-refractivity contribution >= 4 is 15.8 Å². The van der Waals surface area contributed by atoms with E-state index in [-0.39, 0.29) is 23.6 Å². The third-order valence-electron chi connectivity index (χ3n) is 3.44. The van der Waals surface area contributed by atoms with Crippen molar-refractivity contribution in [3.8, 4) is 0 Å². The molecule has 19 heavy (non-hydrogen) atoms. The maximum atomic E-state index is 11.4. The molecule has 0 aliphatic carbocycles. The number of rotatable bonds is 5. The second-order valence-corrected chi connectivity index (χ2v) is 7.34. The molecule has 1 aliphatic rings. The number of ether oxygens (including phenoxy) is 1. The van der Waals surface area contributed by atoms with Crippen LogP contribution in [0.1, 0.15) is 25.8 Å². The Balaban J connectivity index is 1.98. The van der Waals surface area contributed by atoms with Gasteiger partial charge in [-0.3, -0.25) is 0 Å². The lowest BCUT2D eigenvalue weighted by molar-refractivity contribution is 0.163. The van der Waals surface area contributed by atoms with Crippen LogP contribution in [0.4, 0.5) is 5.95 Å². The second-order valence-electron chi connectivity index (χ2n) is 5.03. The van der Waals surface area contributed by atoms with Crippen LogP contribution in [0.2, 0.25) is 0 Å². The van der Waals surface area contributed by atoms with Gasteiger partial charge in [-0.25, -0.2) is 13.4 Å². The summed E-state index contributed by atoms with van der Waals surface area (Å²) < 4.78 is 30.0. The molecule has 0 aromatic carbocycles. The number of nitrogens with one attached hydrogen (secondary N) is 1. The molecule has 2 rings (SSSR count). The van der Waals surface area contributed by atoms with E-state index in [1.54, 1.807) is 13.3 Å². The van der Waals surface area contributed by atoms with Crippen LogP contribution in [0.5, 0.6) is 0 Å². The molecule has 0 bridgehead atoms. The summed E-state index contributed by atoms with van der Waals surface area (Å²) in [5.74, 6) is 1.31. The molecule has 108 valence electrons. The van der Waals surface area contributed by atoms with E-state index < -0.39 is 9.84 Å². The summed E-state index contributed by atoms with van der Waals surface area (Å²) in [6.07, 6.45) is 4.95. The minimum atomic E-state index is -2.82. The van der Waals surface area contributed by atoms with Crippen molar-refractivity contribution < 1.29 is 13.2 Å². The van der Waals surface area contributed by atoms with Crippen LogP contribution in [0, 0.1) is 0 Å². The first-order chi connectivity index (χ1) is 9.02. The predicted octanol–water partition coefficient (Wildman–Crippen LogP) is 1.08. The fraction of sp³-hybridized carbons (Fsp3) is 0.750. The molecule has 1 aliphatic heterocycles. The van der Waals surface area contributed by atoms with E-state index in [1.165, 1.54) is 0 Å². The zero-order chi connectivity index (χ0) is 13.9. The summed E-state index contributed by atoms with van der Waals surface area (Å²) in [6.45, 7) is 2.67. The summed E-state index contributed by atoms with van der Waals surface area (Å²) in [4.78, 5) is 4.30. The lowest BCUT2D eigenvalue weighted by Gasteiger charge is -2.25. The molecule has 2 heterocycles. The Morgan fingerprint density at radius 3 is 2.84 bits per heavy atom. The highest BCUT2D eigenvalue weighted by Gasteiger charge is 2.24. The Morgan fingerprint density at radius 2 is 2.21 bits per heavy atom.